The van der Waals surface area contributed by atoms with Gasteiger partial charge in [0.15, 0.2) is 0 Å². The zero-order chi connectivity index (χ0) is 7.52. The molecule has 0 aromatic heterocycles. The van der Waals surface area contributed by atoms with Crippen molar-refractivity contribution in [2.75, 3.05) is 18.1 Å². The van der Waals surface area contributed by atoms with Crippen LogP contribution in [0.1, 0.15) is 6.42 Å². The third-order valence-corrected chi connectivity index (χ3v) is 1.87. The number of benzene rings is 1. The normalized spacial score (nSPS) is 14.6. The topological polar surface area (TPSA) is 15.3 Å². The van der Waals surface area contributed by atoms with Crippen molar-refractivity contribution >= 4 is 28.7 Å². The number of hydrogen-bond acceptors (Lipinski definition) is 2. The molecule has 0 spiro atoms. The van der Waals surface area contributed by atoms with Crippen molar-refractivity contribution in [1.82, 2.24) is 5.43 Å². The molecule has 66 valence electrons. The van der Waals surface area contributed by atoms with E-state index in [1.54, 1.807) is 0 Å². The van der Waals surface area contributed by atoms with Crippen molar-refractivity contribution in [1.29, 1.82) is 0 Å². The molecule has 1 aliphatic heterocycles. The molecule has 4 heteroatoms. The van der Waals surface area contributed by atoms with E-state index in [9.17, 15) is 0 Å². The summed E-state index contributed by atoms with van der Waals surface area (Å²) >= 11 is 0. The van der Waals surface area contributed by atoms with Crippen LogP contribution in [0.15, 0.2) is 24.3 Å². The van der Waals surface area contributed by atoms with Crippen molar-refractivity contribution in [2.45, 2.75) is 6.42 Å². The van der Waals surface area contributed by atoms with Gasteiger partial charge in [-0.15, -0.1) is 12.1 Å². The van der Waals surface area contributed by atoms with Gasteiger partial charge in [-0.3, -0.25) is 0 Å². The Morgan fingerprint density at radius 3 is 2.54 bits per heavy atom. The van der Waals surface area contributed by atoms with Gasteiger partial charge >= 0.3 is 23.1 Å². The first kappa shape index (κ1) is 13.2. The van der Waals surface area contributed by atoms with Crippen molar-refractivity contribution in [2.24, 2.45) is 0 Å². The fourth-order valence-corrected chi connectivity index (χ4v) is 1.31. The van der Waals surface area contributed by atoms with Gasteiger partial charge < -0.3 is 22.0 Å². The minimum atomic E-state index is 0. The Morgan fingerprint density at radius 2 is 2.00 bits per heavy atom. The van der Waals surface area contributed by atoms with Gasteiger partial charge in [0.1, 0.15) is 0 Å². The first-order valence-corrected chi connectivity index (χ1v) is 3.94. The van der Waals surface area contributed by atoms with Crippen LogP contribution in [0.2, 0.25) is 0 Å². The van der Waals surface area contributed by atoms with Gasteiger partial charge in [0, 0.05) is 13.1 Å². The molecule has 1 aliphatic rings. The number of hydrazine groups is 1. The molecule has 0 atom stereocenters. The summed E-state index contributed by atoms with van der Waals surface area (Å²) < 4.78 is 0. The van der Waals surface area contributed by atoms with Crippen molar-refractivity contribution < 1.29 is 17.0 Å². The fourth-order valence-electron chi connectivity index (χ4n) is 1.31. The quantitative estimate of drug-likeness (QED) is 0.451. The Labute approximate surface area is 106 Å². The number of nitrogens with one attached hydrogen (secondary N) is 1. The molecule has 1 fully saturated rings. The molecule has 1 aromatic rings. The fraction of sp³-hybridized carbons (Fsp3) is 0.333. The molecule has 1 heterocycles. The van der Waals surface area contributed by atoms with E-state index in [2.05, 4.69) is 28.6 Å². The second-order valence-corrected chi connectivity index (χ2v) is 2.67. The van der Waals surface area contributed by atoms with Crippen molar-refractivity contribution in [3.05, 3.63) is 30.3 Å². The van der Waals surface area contributed by atoms with Gasteiger partial charge in [-0.05, 0) is 6.42 Å². The molecular formula is C9H11BrMgN2. The second-order valence-electron chi connectivity index (χ2n) is 2.67. The molecule has 1 aromatic carbocycles. The summed E-state index contributed by atoms with van der Waals surface area (Å²) in [4.78, 5) is 0. The maximum atomic E-state index is 3.29. The third-order valence-electron chi connectivity index (χ3n) is 1.87. The molecule has 0 radical (unpaired) electrons. The van der Waals surface area contributed by atoms with Crippen LogP contribution in [0.5, 0.6) is 0 Å². The Kier molecular flexibility index (Phi) is 6.76. The van der Waals surface area contributed by atoms with E-state index in [0.29, 0.717) is 0 Å². The van der Waals surface area contributed by atoms with Gasteiger partial charge in [-0.2, -0.15) is 18.2 Å². The van der Waals surface area contributed by atoms with Crippen molar-refractivity contribution in [3.8, 4) is 0 Å². The molecule has 1 N–H and O–H groups in total. The maximum absolute atomic E-state index is 3.29. The number of rotatable bonds is 1. The zero-order valence-electron chi connectivity index (χ0n) is 7.46. The molecular weight excluding hydrogens is 240 g/mol. The van der Waals surface area contributed by atoms with Crippen LogP contribution in [0.3, 0.4) is 0 Å². The first-order valence-electron chi connectivity index (χ1n) is 3.94. The predicted octanol–water partition coefficient (Wildman–Crippen LogP) is -2.18. The number of hydrogen-bond donors (Lipinski definition) is 1. The van der Waals surface area contributed by atoms with E-state index < -0.39 is 0 Å². The van der Waals surface area contributed by atoms with Gasteiger partial charge in [0.25, 0.3) is 0 Å². The predicted molar refractivity (Wildman–Crippen MR) is 51.0 cm³/mol. The van der Waals surface area contributed by atoms with Crippen LogP contribution in [0.4, 0.5) is 5.69 Å². The van der Waals surface area contributed by atoms with Gasteiger partial charge in [-0.1, -0.05) is 5.69 Å². The Balaban J connectivity index is 0.000000720. The third kappa shape index (κ3) is 3.46. The second kappa shape index (κ2) is 6.65. The minimum Gasteiger partial charge on any atom is -1.00 e. The molecule has 0 bridgehead atoms. The summed E-state index contributed by atoms with van der Waals surface area (Å²) in [5.41, 5.74) is 4.53. The largest absolute Gasteiger partial charge is 2.00 e. The molecule has 2 rings (SSSR count). The van der Waals surface area contributed by atoms with Crippen LogP contribution in [0.25, 0.3) is 0 Å². The molecule has 2 nitrogen and oxygen atoms in total. The maximum Gasteiger partial charge on any atom is 2.00 e. The Hall–Kier alpha value is 0.226. The van der Waals surface area contributed by atoms with Crippen LogP contribution in [-0.4, -0.2) is 36.1 Å². The zero-order valence-corrected chi connectivity index (χ0v) is 10.5. The summed E-state index contributed by atoms with van der Waals surface area (Å²) in [5.74, 6) is 0. The smallest absolute Gasteiger partial charge is 1.00 e. The van der Waals surface area contributed by atoms with E-state index >= 15 is 0 Å². The molecule has 0 aliphatic carbocycles. The molecule has 13 heavy (non-hydrogen) atoms. The Bertz CT molecular complexity index is 224. The molecule has 0 amide bonds. The summed E-state index contributed by atoms with van der Waals surface area (Å²) in [6, 6.07) is 11.0. The first-order chi connectivity index (χ1) is 5.47. The van der Waals surface area contributed by atoms with Crippen LogP contribution in [0, 0.1) is 6.07 Å². The monoisotopic (exact) mass is 250 g/mol. The van der Waals surface area contributed by atoms with Gasteiger partial charge in [-0.25, -0.2) is 5.43 Å². The minimum absolute atomic E-state index is 0. The van der Waals surface area contributed by atoms with Crippen LogP contribution in [-0.2, 0) is 0 Å². The van der Waals surface area contributed by atoms with E-state index in [0.717, 1.165) is 13.1 Å². The SMILES string of the molecule is [Br-].[Mg+2].[c-]1ccc(N2CCCN2)cc1. The summed E-state index contributed by atoms with van der Waals surface area (Å²) in [7, 11) is 0. The number of nitrogens with zero attached hydrogens (tertiary/aromatic N) is 1. The van der Waals surface area contributed by atoms with E-state index in [4.69, 9.17) is 0 Å². The Morgan fingerprint density at radius 1 is 1.31 bits per heavy atom. The van der Waals surface area contributed by atoms with Crippen molar-refractivity contribution in [3.63, 3.8) is 0 Å². The molecule has 0 unspecified atom stereocenters. The number of halogens is 1. The standard InChI is InChI=1S/C9H11N2.BrH.Mg/c1-2-5-9(6-3-1)11-8-4-7-10-11;;/h2-3,5-6,10H,4,7-8H2;1H;/q-1;;+2/p-1. The van der Waals surface area contributed by atoms with E-state index in [-0.39, 0.29) is 40.0 Å². The van der Waals surface area contributed by atoms with Gasteiger partial charge in [0.2, 0.25) is 0 Å². The average Bonchev–Trinajstić information content (AvgIpc) is 2.58. The van der Waals surface area contributed by atoms with E-state index in [1.807, 2.05) is 12.1 Å². The molecule has 0 saturated carbocycles. The van der Waals surface area contributed by atoms with Gasteiger partial charge in [0.05, 0.1) is 0 Å². The average molecular weight is 251 g/mol. The summed E-state index contributed by atoms with van der Waals surface area (Å²) in [5, 5.41) is 2.17. The van der Waals surface area contributed by atoms with Crippen LogP contribution >= 0.6 is 0 Å². The summed E-state index contributed by atoms with van der Waals surface area (Å²) in [6.45, 7) is 2.21. The van der Waals surface area contributed by atoms with E-state index in [1.165, 1.54) is 12.1 Å². The summed E-state index contributed by atoms with van der Waals surface area (Å²) in [6.07, 6.45) is 1.23. The molecule has 1 saturated heterocycles. The number of anilines is 1. The van der Waals surface area contributed by atoms with Crippen LogP contribution < -0.4 is 27.4 Å².